The largest absolute Gasteiger partial charge is 0.282 e. The molecule has 0 radical (unpaired) electrons. The first-order valence-electron chi connectivity index (χ1n) is 7.18. The third-order valence-electron chi connectivity index (χ3n) is 3.96. The Labute approximate surface area is 133 Å². The SMILES string of the molecule is Cc1[nH]nc2c1-c1ccc(Cl)cc1C(c1ccccc1)=NC2. The lowest BCUT2D eigenvalue weighted by Gasteiger charge is -2.11. The average Bonchev–Trinajstić information content (AvgIpc) is 2.82. The molecular formula is C18H14ClN3. The van der Waals surface area contributed by atoms with Gasteiger partial charge in [-0.05, 0) is 24.6 Å². The minimum absolute atomic E-state index is 0.566. The molecule has 0 amide bonds. The van der Waals surface area contributed by atoms with Gasteiger partial charge in [0.2, 0.25) is 0 Å². The molecule has 0 unspecified atom stereocenters. The van der Waals surface area contributed by atoms with Crippen LogP contribution in [0.5, 0.6) is 0 Å². The van der Waals surface area contributed by atoms with Crippen molar-refractivity contribution in [2.24, 2.45) is 4.99 Å². The number of benzene rings is 2. The number of hydrogen-bond acceptors (Lipinski definition) is 2. The summed E-state index contributed by atoms with van der Waals surface area (Å²) in [5.41, 5.74) is 7.43. The number of nitrogens with one attached hydrogen (secondary N) is 1. The van der Waals surface area contributed by atoms with Gasteiger partial charge in [-0.25, -0.2) is 0 Å². The minimum Gasteiger partial charge on any atom is -0.282 e. The van der Waals surface area contributed by atoms with Crippen LogP contribution in [0, 0.1) is 6.92 Å². The summed E-state index contributed by atoms with van der Waals surface area (Å²) in [4.78, 5) is 4.81. The molecule has 0 atom stereocenters. The number of halogens is 1. The van der Waals surface area contributed by atoms with E-state index in [-0.39, 0.29) is 0 Å². The maximum Gasteiger partial charge on any atom is 0.0917 e. The Bertz CT molecular complexity index is 879. The van der Waals surface area contributed by atoms with E-state index in [0.29, 0.717) is 11.6 Å². The van der Waals surface area contributed by atoms with Crippen LogP contribution in [0.25, 0.3) is 11.1 Å². The van der Waals surface area contributed by atoms with Crippen LogP contribution in [0.3, 0.4) is 0 Å². The number of aliphatic imine (C=N–C) groups is 1. The topological polar surface area (TPSA) is 41.0 Å². The third kappa shape index (κ3) is 2.06. The van der Waals surface area contributed by atoms with Crippen LogP contribution in [-0.2, 0) is 6.54 Å². The Hall–Kier alpha value is -2.39. The average molecular weight is 308 g/mol. The van der Waals surface area contributed by atoms with Crippen molar-refractivity contribution in [2.45, 2.75) is 13.5 Å². The highest BCUT2D eigenvalue weighted by Crippen LogP contribution is 2.35. The number of aromatic amines is 1. The highest BCUT2D eigenvalue weighted by molar-refractivity contribution is 6.31. The van der Waals surface area contributed by atoms with Crippen LogP contribution in [-0.4, -0.2) is 15.9 Å². The lowest BCUT2D eigenvalue weighted by molar-refractivity contribution is 0.941. The van der Waals surface area contributed by atoms with E-state index in [0.717, 1.165) is 39.4 Å². The molecule has 1 aromatic heterocycles. The minimum atomic E-state index is 0.566. The van der Waals surface area contributed by atoms with Gasteiger partial charge < -0.3 is 0 Å². The molecule has 22 heavy (non-hydrogen) atoms. The van der Waals surface area contributed by atoms with E-state index in [1.54, 1.807) is 0 Å². The molecule has 3 aromatic rings. The molecule has 0 fully saturated rings. The van der Waals surface area contributed by atoms with E-state index >= 15 is 0 Å². The van der Waals surface area contributed by atoms with Crippen molar-refractivity contribution >= 4 is 17.3 Å². The predicted octanol–water partition coefficient (Wildman–Crippen LogP) is 4.39. The molecule has 0 saturated heterocycles. The van der Waals surface area contributed by atoms with Crippen molar-refractivity contribution in [3.63, 3.8) is 0 Å². The zero-order chi connectivity index (χ0) is 15.1. The summed E-state index contributed by atoms with van der Waals surface area (Å²) in [5.74, 6) is 0. The summed E-state index contributed by atoms with van der Waals surface area (Å²) in [7, 11) is 0. The molecule has 2 aromatic carbocycles. The number of aryl methyl sites for hydroxylation is 1. The smallest absolute Gasteiger partial charge is 0.0917 e. The van der Waals surface area contributed by atoms with E-state index in [9.17, 15) is 0 Å². The van der Waals surface area contributed by atoms with E-state index < -0.39 is 0 Å². The molecule has 1 aliphatic rings. The second kappa shape index (κ2) is 5.11. The number of aromatic nitrogens is 2. The maximum absolute atomic E-state index is 6.25. The zero-order valence-corrected chi connectivity index (χ0v) is 12.9. The Kier molecular flexibility index (Phi) is 3.09. The quantitative estimate of drug-likeness (QED) is 0.711. The summed E-state index contributed by atoms with van der Waals surface area (Å²) >= 11 is 6.25. The molecule has 108 valence electrons. The molecule has 1 N–H and O–H groups in total. The standard InChI is InChI=1S/C18H14ClN3/c1-11-17-14-8-7-13(19)9-15(14)18(12-5-3-2-4-6-12)20-10-16(17)22-21-11/h2-9H,10H2,1H3,(H,21,22). The highest BCUT2D eigenvalue weighted by atomic mass is 35.5. The summed E-state index contributed by atoms with van der Waals surface area (Å²) < 4.78 is 0. The summed E-state index contributed by atoms with van der Waals surface area (Å²) in [6.07, 6.45) is 0. The Morgan fingerprint density at radius 3 is 2.68 bits per heavy atom. The first-order valence-corrected chi connectivity index (χ1v) is 7.56. The molecular weight excluding hydrogens is 294 g/mol. The summed E-state index contributed by atoms with van der Waals surface area (Å²) in [6, 6.07) is 16.2. The molecule has 3 nitrogen and oxygen atoms in total. The van der Waals surface area contributed by atoms with E-state index in [4.69, 9.17) is 16.6 Å². The Morgan fingerprint density at radius 2 is 1.86 bits per heavy atom. The van der Waals surface area contributed by atoms with Crippen LogP contribution in [0.15, 0.2) is 53.5 Å². The molecule has 0 bridgehead atoms. The highest BCUT2D eigenvalue weighted by Gasteiger charge is 2.22. The van der Waals surface area contributed by atoms with E-state index in [1.807, 2.05) is 37.3 Å². The second-order valence-corrected chi connectivity index (χ2v) is 5.83. The van der Waals surface area contributed by atoms with Gasteiger partial charge in [0.15, 0.2) is 0 Å². The van der Waals surface area contributed by atoms with Crippen molar-refractivity contribution in [1.82, 2.24) is 10.2 Å². The van der Waals surface area contributed by atoms with Crippen LogP contribution in [0.1, 0.15) is 22.5 Å². The predicted molar refractivity (Wildman–Crippen MR) is 89.6 cm³/mol. The molecule has 0 spiro atoms. The van der Waals surface area contributed by atoms with Crippen molar-refractivity contribution in [3.05, 3.63) is 76.1 Å². The van der Waals surface area contributed by atoms with Crippen molar-refractivity contribution in [1.29, 1.82) is 0 Å². The monoisotopic (exact) mass is 307 g/mol. The summed E-state index contributed by atoms with van der Waals surface area (Å²) in [5, 5.41) is 8.18. The van der Waals surface area contributed by atoms with Gasteiger partial charge in [0.1, 0.15) is 0 Å². The van der Waals surface area contributed by atoms with Crippen LogP contribution >= 0.6 is 11.6 Å². The zero-order valence-electron chi connectivity index (χ0n) is 12.1. The van der Waals surface area contributed by atoms with Gasteiger partial charge in [-0.15, -0.1) is 0 Å². The van der Waals surface area contributed by atoms with Gasteiger partial charge in [0, 0.05) is 27.4 Å². The number of fused-ring (bicyclic) bond motifs is 3. The first-order chi connectivity index (χ1) is 10.7. The normalized spacial score (nSPS) is 13.1. The lowest BCUT2D eigenvalue weighted by Crippen LogP contribution is -2.04. The van der Waals surface area contributed by atoms with Gasteiger partial charge in [0.05, 0.1) is 18.0 Å². The lowest BCUT2D eigenvalue weighted by atomic mass is 9.93. The molecule has 0 aliphatic carbocycles. The van der Waals surface area contributed by atoms with Crippen LogP contribution in [0.4, 0.5) is 0 Å². The fraction of sp³-hybridized carbons (Fsp3) is 0.111. The first kappa shape index (κ1) is 13.3. The molecule has 2 heterocycles. The summed E-state index contributed by atoms with van der Waals surface area (Å²) in [6.45, 7) is 2.61. The fourth-order valence-corrected chi connectivity index (χ4v) is 3.14. The van der Waals surface area contributed by atoms with Crippen molar-refractivity contribution < 1.29 is 0 Å². The maximum atomic E-state index is 6.25. The van der Waals surface area contributed by atoms with E-state index in [1.165, 1.54) is 0 Å². The van der Waals surface area contributed by atoms with Gasteiger partial charge in [-0.3, -0.25) is 10.1 Å². The van der Waals surface area contributed by atoms with Gasteiger partial charge in [0.25, 0.3) is 0 Å². The molecule has 0 saturated carbocycles. The van der Waals surface area contributed by atoms with Crippen molar-refractivity contribution in [3.8, 4) is 11.1 Å². The Balaban J connectivity index is 2.01. The number of nitrogens with zero attached hydrogens (tertiary/aromatic N) is 2. The molecule has 1 aliphatic heterocycles. The second-order valence-electron chi connectivity index (χ2n) is 5.39. The number of H-pyrrole nitrogens is 1. The van der Waals surface area contributed by atoms with E-state index in [2.05, 4.69) is 28.4 Å². The fourth-order valence-electron chi connectivity index (χ4n) is 2.96. The van der Waals surface area contributed by atoms with Crippen LogP contribution in [0.2, 0.25) is 5.02 Å². The molecule has 4 heteroatoms. The van der Waals surface area contributed by atoms with Crippen LogP contribution < -0.4 is 0 Å². The van der Waals surface area contributed by atoms with Gasteiger partial charge in [-0.1, -0.05) is 48.0 Å². The number of hydrogen-bond donors (Lipinski definition) is 1. The van der Waals surface area contributed by atoms with Crippen molar-refractivity contribution in [2.75, 3.05) is 0 Å². The third-order valence-corrected chi connectivity index (χ3v) is 4.20. The molecule has 4 rings (SSSR count). The number of rotatable bonds is 1. The Morgan fingerprint density at radius 1 is 1.05 bits per heavy atom. The van der Waals surface area contributed by atoms with Gasteiger partial charge >= 0.3 is 0 Å². The van der Waals surface area contributed by atoms with Gasteiger partial charge in [-0.2, -0.15) is 5.10 Å².